The van der Waals surface area contributed by atoms with Gasteiger partial charge in [-0.3, -0.25) is 0 Å². The van der Waals surface area contributed by atoms with Gasteiger partial charge in [0.1, 0.15) is 11.9 Å². The summed E-state index contributed by atoms with van der Waals surface area (Å²) < 4.78 is 14.7. The van der Waals surface area contributed by atoms with Crippen LogP contribution in [0.5, 0.6) is 5.75 Å². The number of halogens is 1. The van der Waals surface area contributed by atoms with Gasteiger partial charge in [-0.15, -0.1) is 6.58 Å². The van der Waals surface area contributed by atoms with E-state index in [9.17, 15) is 14.6 Å². The van der Waals surface area contributed by atoms with Crippen LogP contribution in [0.3, 0.4) is 0 Å². The fourth-order valence-corrected chi connectivity index (χ4v) is 5.97. The number of allylic oxidation sites excluding steroid dienone is 1. The Morgan fingerprint density at radius 1 is 1.30 bits per heavy atom. The van der Waals surface area contributed by atoms with Crippen LogP contribution < -0.4 is 0 Å². The molecule has 0 heterocycles. The maximum atomic E-state index is 14.7. The number of alkyl halides is 1. The number of aliphatic hydroxyl groups is 1. The van der Waals surface area contributed by atoms with Crippen LogP contribution in [0.2, 0.25) is 0 Å². The quantitative estimate of drug-likeness (QED) is 0.772. The molecule has 0 bridgehead atoms. The average molecular weight is 316 g/mol. The highest BCUT2D eigenvalue weighted by atomic mass is 19.1. The molecule has 0 amide bonds. The number of hydrogen-bond donors (Lipinski definition) is 2. The highest BCUT2D eigenvalue weighted by molar-refractivity contribution is 5.46. The van der Waals surface area contributed by atoms with Gasteiger partial charge in [0.2, 0.25) is 0 Å². The SMILES string of the molecule is C=C[C@]12CC[C@]3(C)[C@@H](F)C(O)C[C@H]3[C@@H]1CCc1cc(O)ccc12. The van der Waals surface area contributed by atoms with Crippen molar-refractivity contribution >= 4 is 0 Å². The van der Waals surface area contributed by atoms with Gasteiger partial charge in [0.15, 0.2) is 0 Å². The van der Waals surface area contributed by atoms with E-state index < -0.39 is 17.7 Å². The van der Waals surface area contributed by atoms with Crippen molar-refractivity contribution < 1.29 is 14.6 Å². The molecule has 1 aromatic rings. The third-order valence-corrected chi connectivity index (χ3v) is 7.21. The van der Waals surface area contributed by atoms with Gasteiger partial charge in [0.05, 0.1) is 6.10 Å². The minimum absolute atomic E-state index is 0.144. The number of aryl methyl sites for hydroxylation is 1. The summed E-state index contributed by atoms with van der Waals surface area (Å²) in [7, 11) is 0. The van der Waals surface area contributed by atoms with Crippen LogP contribution in [0.15, 0.2) is 30.9 Å². The Bertz CT molecular complexity index is 657. The third-order valence-electron chi connectivity index (χ3n) is 7.21. The van der Waals surface area contributed by atoms with Crippen LogP contribution in [0.25, 0.3) is 0 Å². The van der Waals surface area contributed by atoms with E-state index in [-0.39, 0.29) is 11.3 Å². The Morgan fingerprint density at radius 3 is 2.83 bits per heavy atom. The fraction of sp³-hybridized carbons (Fsp3) is 0.600. The first-order valence-electron chi connectivity index (χ1n) is 8.70. The first-order chi connectivity index (χ1) is 10.9. The van der Waals surface area contributed by atoms with Gasteiger partial charge in [-0.1, -0.05) is 19.1 Å². The van der Waals surface area contributed by atoms with Crippen molar-refractivity contribution in [1.29, 1.82) is 0 Å². The molecule has 3 heteroatoms. The normalized spacial score (nSPS) is 45.0. The van der Waals surface area contributed by atoms with Gasteiger partial charge in [-0.25, -0.2) is 4.39 Å². The summed E-state index contributed by atoms with van der Waals surface area (Å²) in [5.41, 5.74) is 1.89. The van der Waals surface area contributed by atoms with Crippen molar-refractivity contribution in [3.63, 3.8) is 0 Å². The van der Waals surface area contributed by atoms with Crippen molar-refractivity contribution in [2.45, 2.75) is 56.7 Å². The van der Waals surface area contributed by atoms with Crippen LogP contribution in [-0.4, -0.2) is 22.5 Å². The minimum atomic E-state index is -1.11. The van der Waals surface area contributed by atoms with Crippen molar-refractivity contribution in [2.24, 2.45) is 17.3 Å². The lowest BCUT2D eigenvalue weighted by Gasteiger charge is -2.55. The highest BCUT2D eigenvalue weighted by Gasteiger charge is 2.62. The zero-order chi connectivity index (χ0) is 16.4. The molecule has 0 saturated heterocycles. The average Bonchev–Trinajstić information content (AvgIpc) is 2.77. The molecule has 0 aliphatic heterocycles. The molecule has 2 saturated carbocycles. The van der Waals surface area contributed by atoms with Gasteiger partial charge in [-0.2, -0.15) is 0 Å². The summed E-state index contributed by atoms with van der Waals surface area (Å²) in [6, 6.07) is 5.65. The molecule has 124 valence electrons. The van der Waals surface area contributed by atoms with Crippen molar-refractivity contribution in [3.05, 3.63) is 42.0 Å². The smallest absolute Gasteiger partial charge is 0.131 e. The molecule has 0 aromatic heterocycles. The minimum Gasteiger partial charge on any atom is -0.508 e. The van der Waals surface area contributed by atoms with Crippen molar-refractivity contribution in [2.75, 3.05) is 0 Å². The molecule has 1 aromatic carbocycles. The Balaban J connectivity index is 1.83. The first kappa shape index (κ1) is 15.2. The first-order valence-corrected chi connectivity index (χ1v) is 8.70. The molecular formula is C20H25FO2. The van der Waals surface area contributed by atoms with E-state index in [1.54, 1.807) is 6.07 Å². The number of benzene rings is 1. The Labute approximate surface area is 137 Å². The van der Waals surface area contributed by atoms with E-state index in [2.05, 4.69) is 12.7 Å². The molecule has 23 heavy (non-hydrogen) atoms. The second kappa shape index (κ2) is 4.83. The highest BCUT2D eigenvalue weighted by Crippen LogP contribution is 2.64. The number of phenolic OH excluding ortho intramolecular Hbond substituents is 1. The fourth-order valence-electron chi connectivity index (χ4n) is 5.97. The second-order valence-electron chi connectivity index (χ2n) is 8.05. The maximum Gasteiger partial charge on any atom is 0.131 e. The summed E-state index contributed by atoms with van der Waals surface area (Å²) >= 11 is 0. The largest absolute Gasteiger partial charge is 0.508 e. The molecule has 0 radical (unpaired) electrons. The summed E-state index contributed by atoms with van der Waals surface area (Å²) in [5, 5.41) is 19.9. The van der Waals surface area contributed by atoms with Gasteiger partial charge in [-0.05, 0) is 67.2 Å². The topological polar surface area (TPSA) is 40.5 Å². The monoisotopic (exact) mass is 316 g/mol. The summed E-state index contributed by atoms with van der Waals surface area (Å²) in [4.78, 5) is 0. The predicted molar refractivity (Wildman–Crippen MR) is 88.1 cm³/mol. The van der Waals surface area contributed by atoms with Gasteiger partial charge in [0, 0.05) is 10.8 Å². The summed E-state index contributed by atoms with van der Waals surface area (Å²) in [6.07, 6.45) is 4.21. The number of rotatable bonds is 1. The summed E-state index contributed by atoms with van der Waals surface area (Å²) in [6.45, 7) is 6.16. The zero-order valence-electron chi connectivity index (χ0n) is 13.6. The number of aliphatic hydroxyl groups excluding tert-OH is 1. The second-order valence-corrected chi connectivity index (χ2v) is 8.05. The van der Waals surface area contributed by atoms with Crippen LogP contribution in [0.1, 0.15) is 43.7 Å². The molecule has 6 atom stereocenters. The number of fused-ring (bicyclic) bond motifs is 5. The number of aromatic hydroxyl groups is 1. The Hall–Kier alpha value is -1.35. The van der Waals surface area contributed by atoms with Crippen LogP contribution in [-0.2, 0) is 11.8 Å². The molecule has 2 fully saturated rings. The standard InChI is InChI=1S/C20H25FO2/c1-3-20-9-8-19(2)16(11-17(23)18(19)21)15(20)6-4-12-10-13(22)5-7-14(12)20/h3,5,7,10,15-18,22-23H,1,4,6,8-9,11H2,2H3/t15-,16-,17?,18-,19-,20+/m0/s1. The lowest BCUT2D eigenvalue weighted by atomic mass is 9.48. The molecule has 4 rings (SSSR count). The van der Waals surface area contributed by atoms with E-state index in [1.165, 1.54) is 11.1 Å². The number of hydrogen-bond acceptors (Lipinski definition) is 2. The van der Waals surface area contributed by atoms with E-state index in [4.69, 9.17) is 0 Å². The zero-order valence-corrected chi connectivity index (χ0v) is 13.6. The molecule has 0 spiro atoms. The van der Waals surface area contributed by atoms with Gasteiger partial charge < -0.3 is 10.2 Å². The van der Waals surface area contributed by atoms with E-state index in [0.29, 0.717) is 18.1 Å². The Kier molecular flexibility index (Phi) is 3.19. The van der Waals surface area contributed by atoms with E-state index >= 15 is 0 Å². The molecule has 2 nitrogen and oxygen atoms in total. The third kappa shape index (κ3) is 1.83. The van der Waals surface area contributed by atoms with Gasteiger partial charge >= 0.3 is 0 Å². The van der Waals surface area contributed by atoms with Gasteiger partial charge in [0.25, 0.3) is 0 Å². The van der Waals surface area contributed by atoms with E-state index in [1.807, 2.05) is 19.1 Å². The molecule has 3 aliphatic carbocycles. The maximum absolute atomic E-state index is 14.7. The van der Waals surface area contributed by atoms with Crippen molar-refractivity contribution in [3.8, 4) is 5.75 Å². The van der Waals surface area contributed by atoms with Crippen LogP contribution >= 0.6 is 0 Å². The number of phenols is 1. The van der Waals surface area contributed by atoms with Crippen molar-refractivity contribution in [1.82, 2.24) is 0 Å². The predicted octanol–water partition coefficient (Wildman–Crippen LogP) is 3.90. The molecular weight excluding hydrogens is 291 g/mol. The van der Waals surface area contributed by atoms with Crippen LogP contribution in [0.4, 0.5) is 4.39 Å². The molecule has 2 N–H and O–H groups in total. The summed E-state index contributed by atoms with van der Waals surface area (Å²) in [5.74, 6) is 0.828. The lowest BCUT2D eigenvalue weighted by Crippen LogP contribution is -2.51. The lowest BCUT2D eigenvalue weighted by molar-refractivity contribution is -0.0198. The Morgan fingerprint density at radius 2 is 2.09 bits per heavy atom. The molecule has 3 aliphatic rings. The molecule has 1 unspecified atom stereocenters. The van der Waals surface area contributed by atoms with Crippen LogP contribution in [0, 0.1) is 17.3 Å². The van der Waals surface area contributed by atoms with E-state index in [0.717, 1.165) is 25.7 Å².